The van der Waals surface area contributed by atoms with Gasteiger partial charge in [-0.3, -0.25) is 0 Å². The molecule has 29 heavy (non-hydrogen) atoms. The molecule has 0 amide bonds. The SMILES string of the molecule is CC1(C)O[C@H]2O[C@H](C=O)[C@](COCc3ccccc3)(OCc3ccccc3)[C@H]2O1. The molecule has 0 unspecified atom stereocenters. The molecule has 0 radical (unpaired) electrons. The van der Waals surface area contributed by atoms with Crippen LogP contribution in [0.1, 0.15) is 25.0 Å². The Balaban J connectivity index is 1.56. The summed E-state index contributed by atoms with van der Waals surface area (Å²) < 4.78 is 30.1. The molecule has 0 spiro atoms. The Morgan fingerprint density at radius 3 is 2.17 bits per heavy atom. The lowest BCUT2D eigenvalue weighted by molar-refractivity contribution is -0.242. The van der Waals surface area contributed by atoms with E-state index in [1.54, 1.807) is 0 Å². The second-order valence-corrected chi connectivity index (χ2v) is 7.82. The number of rotatable bonds is 8. The van der Waals surface area contributed by atoms with Crippen LogP contribution in [0.25, 0.3) is 0 Å². The Morgan fingerprint density at radius 2 is 1.55 bits per heavy atom. The van der Waals surface area contributed by atoms with Gasteiger partial charge in [0, 0.05) is 0 Å². The molecule has 2 aliphatic rings. The topological polar surface area (TPSA) is 63.2 Å². The first-order valence-electron chi connectivity index (χ1n) is 9.78. The lowest BCUT2D eigenvalue weighted by Crippen LogP contribution is -2.55. The van der Waals surface area contributed by atoms with E-state index in [-0.39, 0.29) is 6.61 Å². The van der Waals surface area contributed by atoms with E-state index in [2.05, 4.69) is 0 Å². The molecule has 0 aliphatic carbocycles. The highest BCUT2D eigenvalue weighted by Crippen LogP contribution is 2.45. The zero-order valence-corrected chi connectivity index (χ0v) is 16.7. The van der Waals surface area contributed by atoms with Crippen molar-refractivity contribution in [3.63, 3.8) is 0 Å². The zero-order valence-electron chi connectivity index (χ0n) is 16.7. The molecule has 4 atom stereocenters. The van der Waals surface area contributed by atoms with Gasteiger partial charge in [0.25, 0.3) is 0 Å². The van der Waals surface area contributed by atoms with Crippen LogP contribution in [0.5, 0.6) is 0 Å². The van der Waals surface area contributed by atoms with Crippen LogP contribution >= 0.6 is 0 Å². The molecule has 2 fully saturated rings. The van der Waals surface area contributed by atoms with Crippen LogP contribution in [0.15, 0.2) is 60.7 Å². The van der Waals surface area contributed by atoms with Crippen LogP contribution in [0.3, 0.4) is 0 Å². The van der Waals surface area contributed by atoms with Crippen molar-refractivity contribution in [2.75, 3.05) is 6.61 Å². The number of fused-ring (bicyclic) bond motifs is 1. The summed E-state index contributed by atoms with van der Waals surface area (Å²) in [5.41, 5.74) is 0.916. The Hall–Kier alpha value is -2.09. The minimum atomic E-state index is -1.11. The number of benzene rings is 2. The maximum atomic E-state index is 11.9. The maximum Gasteiger partial charge on any atom is 0.191 e. The normalized spacial score (nSPS) is 30.2. The lowest BCUT2D eigenvalue weighted by atomic mass is 9.93. The van der Waals surface area contributed by atoms with Crippen LogP contribution in [0.4, 0.5) is 0 Å². The highest BCUT2D eigenvalue weighted by atomic mass is 16.8. The highest BCUT2D eigenvalue weighted by Gasteiger charge is 2.65. The third kappa shape index (κ3) is 4.27. The second-order valence-electron chi connectivity index (χ2n) is 7.82. The van der Waals surface area contributed by atoms with Gasteiger partial charge >= 0.3 is 0 Å². The highest BCUT2D eigenvalue weighted by molar-refractivity contribution is 5.60. The molecule has 0 bridgehead atoms. The standard InChI is InChI=1S/C23H26O6/c1-22(2)28-20-21(29-22)27-19(13-24)23(20,26-15-18-11-7-4-8-12-18)16-25-14-17-9-5-3-6-10-17/h3-13,19-21H,14-16H2,1-2H3/t19-,20+,21-,23+/m1/s1. The molecule has 0 aromatic heterocycles. The predicted molar refractivity (Wildman–Crippen MR) is 105 cm³/mol. The predicted octanol–water partition coefficient (Wildman–Crippen LogP) is 3.23. The Morgan fingerprint density at radius 1 is 0.931 bits per heavy atom. The van der Waals surface area contributed by atoms with Gasteiger partial charge in [-0.2, -0.15) is 0 Å². The van der Waals surface area contributed by atoms with E-state index < -0.39 is 29.9 Å². The Bertz CT molecular complexity index is 809. The zero-order chi connectivity index (χ0) is 20.3. The minimum Gasteiger partial charge on any atom is -0.374 e. The third-order valence-electron chi connectivity index (χ3n) is 5.22. The number of hydrogen-bond acceptors (Lipinski definition) is 6. The van der Waals surface area contributed by atoms with Crippen molar-refractivity contribution >= 4 is 6.29 Å². The van der Waals surface area contributed by atoms with Gasteiger partial charge in [-0.1, -0.05) is 60.7 Å². The summed E-state index contributed by atoms with van der Waals surface area (Å²) in [5.74, 6) is -0.829. The van der Waals surface area contributed by atoms with Gasteiger partial charge in [0.2, 0.25) is 0 Å². The number of carbonyl (C=O) groups excluding carboxylic acids is 1. The first-order chi connectivity index (χ1) is 14.0. The lowest BCUT2D eigenvalue weighted by Gasteiger charge is -2.36. The van der Waals surface area contributed by atoms with Crippen molar-refractivity contribution in [3.8, 4) is 0 Å². The third-order valence-corrected chi connectivity index (χ3v) is 5.22. The van der Waals surface area contributed by atoms with Gasteiger partial charge in [0.05, 0.1) is 19.8 Å². The van der Waals surface area contributed by atoms with E-state index in [1.807, 2.05) is 74.5 Å². The van der Waals surface area contributed by atoms with E-state index in [4.69, 9.17) is 23.7 Å². The van der Waals surface area contributed by atoms with Gasteiger partial charge in [-0.15, -0.1) is 0 Å². The molecule has 2 aromatic rings. The molecule has 0 saturated carbocycles. The fourth-order valence-electron chi connectivity index (χ4n) is 3.79. The van der Waals surface area contributed by atoms with E-state index in [0.29, 0.717) is 13.2 Å². The first kappa shape index (κ1) is 20.2. The van der Waals surface area contributed by atoms with E-state index in [1.165, 1.54) is 0 Å². The quantitative estimate of drug-likeness (QED) is 0.636. The molecule has 6 heteroatoms. The van der Waals surface area contributed by atoms with Crippen molar-refractivity contribution < 1.29 is 28.5 Å². The summed E-state index contributed by atoms with van der Waals surface area (Å²) in [6.45, 7) is 4.47. The summed E-state index contributed by atoms with van der Waals surface area (Å²) in [7, 11) is 0. The maximum absolute atomic E-state index is 11.9. The van der Waals surface area contributed by atoms with Crippen molar-refractivity contribution in [1.82, 2.24) is 0 Å². The number of aldehydes is 1. The monoisotopic (exact) mass is 398 g/mol. The van der Waals surface area contributed by atoms with E-state index in [9.17, 15) is 4.79 Å². The van der Waals surface area contributed by atoms with Crippen LogP contribution in [0.2, 0.25) is 0 Å². The van der Waals surface area contributed by atoms with Crippen molar-refractivity contribution in [2.24, 2.45) is 0 Å². The minimum absolute atomic E-state index is 0.138. The van der Waals surface area contributed by atoms with Crippen LogP contribution in [0, 0.1) is 0 Å². The molecule has 2 aromatic carbocycles. The molecule has 154 valence electrons. The largest absolute Gasteiger partial charge is 0.374 e. The van der Waals surface area contributed by atoms with E-state index in [0.717, 1.165) is 17.4 Å². The number of carbonyl (C=O) groups is 1. The summed E-state index contributed by atoms with van der Waals surface area (Å²) in [4.78, 5) is 11.9. The number of hydrogen-bond donors (Lipinski definition) is 0. The second kappa shape index (κ2) is 8.34. The average Bonchev–Trinajstić information content (AvgIpc) is 3.18. The summed E-state index contributed by atoms with van der Waals surface area (Å²) >= 11 is 0. The fraction of sp³-hybridized carbons (Fsp3) is 0.435. The van der Waals surface area contributed by atoms with Gasteiger partial charge in [0.1, 0.15) is 12.2 Å². The van der Waals surface area contributed by atoms with Gasteiger partial charge in [-0.05, 0) is 25.0 Å². The molecule has 2 aliphatic heterocycles. The van der Waals surface area contributed by atoms with E-state index >= 15 is 0 Å². The molecule has 2 saturated heterocycles. The molecule has 6 nitrogen and oxygen atoms in total. The van der Waals surface area contributed by atoms with Crippen LogP contribution < -0.4 is 0 Å². The van der Waals surface area contributed by atoms with Crippen molar-refractivity contribution in [3.05, 3.63) is 71.8 Å². The smallest absolute Gasteiger partial charge is 0.191 e. The van der Waals surface area contributed by atoms with Gasteiger partial charge in [0.15, 0.2) is 24.0 Å². The molecule has 2 heterocycles. The first-order valence-corrected chi connectivity index (χ1v) is 9.78. The van der Waals surface area contributed by atoms with Crippen LogP contribution in [-0.4, -0.2) is 42.8 Å². The van der Waals surface area contributed by atoms with Gasteiger partial charge in [-0.25, -0.2) is 0 Å². The molecule has 0 N–H and O–H groups in total. The molecular weight excluding hydrogens is 372 g/mol. The summed E-state index contributed by atoms with van der Waals surface area (Å²) in [5, 5.41) is 0. The Kier molecular flexibility index (Phi) is 5.81. The van der Waals surface area contributed by atoms with Crippen LogP contribution in [-0.2, 0) is 41.7 Å². The average molecular weight is 398 g/mol. The van der Waals surface area contributed by atoms with Gasteiger partial charge < -0.3 is 28.5 Å². The fourth-order valence-corrected chi connectivity index (χ4v) is 3.79. The van der Waals surface area contributed by atoms with Crippen molar-refractivity contribution in [1.29, 1.82) is 0 Å². The summed E-state index contributed by atoms with van der Waals surface area (Å²) in [6, 6.07) is 19.6. The van der Waals surface area contributed by atoms with Crippen molar-refractivity contribution in [2.45, 2.75) is 56.9 Å². The Labute approximate surface area is 170 Å². The number of ether oxygens (including phenoxy) is 5. The molecule has 4 rings (SSSR count). The molecular formula is C23H26O6. The summed E-state index contributed by atoms with van der Waals surface area (Å²) in [6.07, 6.45) is -1.37.